The number of rotatable bonds is 4. The van der Waals surface area contributed by atoms with Gasteiger partial charge in [0.05, 0.1) is 12.2 Å². The second-order valence-corrected chi connectivity index (χ2v) is 4.22. The van der Waals surface area contributed by atoms with Gasteiger partial charge in [-0.1, -0.05) is 6.92 Å². The van der Waals surface area contributed by atoms with E-state index in [2.05, 4.69) is 15.3 Å². The molecule has 0 aliphatic carbocycles. The van der Waals surface area contributed by atoms with Crippen LogP contribution in [0.15, 0.2) is 24.3 Å². The first-order valence-electron chi connectivity index (χ1n) is 6.11. The first-order chi connectivity index (χ1) is 9.10. The normalized spacial score (nSPS) is 10.7. The number of aryl methyl sites for hydroxylation is 1. The highest BCUT2D eigenvalue weighted by atomic mass is 19.1. The molecule has 19 heavy (non-hydrogen) atoms. The number of nitrogens with one attached hydrogen (secondary N) is 1. The molecule has 0 spiro atoms. The molecule has 0 bridgehead atoms. The lowest BCUT2D eigenvalue weighted by Crippen LogP contribution is -2.15. The molecule has 0 amide bonds. The number of halogens is 2. The topological polar surface area (TPSA) is 37.8 Å². The largest absolute Gasteiger partial charge is 0.310 e. The maximum Gasteiger partial charge on any atom is 0.143 e. The van der Waals surface area contributed by atoms with Gasteiger partial charge in [-0.2, -0.15) is 0 Å². The van der Waals surface area contributed by atoms with Crippen molar-refractivity contribution < 1.29 is 8.78 Å². The zero-order chi connectivity index (χ0) is 13.8. The molecule has 0 saturated heterocycles. The van der Waals surface area contributed by atoms with Crippen LogP contribution >= 0.6 is 0 Å². The van der Waals surface area contributed by atoms with Crippen molar-refractivity contribution in [3.63, 3.8) is 0 Å². The molecule has 1 aromatic heterocycles. The molecular formula is C14H15F2N3. The van der Waals surface area contributed by atoms with E-state index in [-0.39, 0.29) is 5.56 Å². The highest BCUT2D eigenvalue weighted by molar-refractivity contribution is 5.60. The van der Waals surface area contributed by atoms with Crippen molar-refractivity contribution in [2.45, 2.75) is 20.4 Å². The lowest BCUT2D eigenvalue weighted by molar-refractivity contribution is 0.602. The van der Waals surface area contributed by atoms with Crippen molar-refractivity contribution in [3.8, 4) is 11.3 Å². The van der Waals surface area contributed by atoms with Crippen molar-refractivity contribution in [1.82, 2.24) is 15.3 Å². The van der Waals surface area contributed by atoms with Crippen molar-refractivity contribution >= 4 is 0 Å². The molecule has 5 heteroatoms. The molecule has 0 aliphatic rings. The van der Waals surface area contributed by atoms with E-state index in [0.717, 1.165) is 30.4 Å². The fraction of sp³-hybridized carbons (Fsp3) is 0.286. The number of aromatic nitrogens is 2. The maximum atomic E-state index is 13.7. The summed E-state index contributed by atoms with van der Waals surface area (Å²) in [4.78, 5) is 8.52. The Morgan fingerprint density at radius 1 is 1.16 bits per heavy atom. The van der Waals surface area contributed by atoms with Gasteiger partial charge >= 0.3 is 0 Å². The number of hydrogen-bond donors (Lipinski definition) is 1. The summed E-state index contributed by atoms with van der Waals surface area (Å²) in [6, 6.07) is 4.99. The van der Waals surface area contributed by atoms with Crippen LogP contribution in [0.25, 0.3) is 11.3 Å². The molecule has 2 aromatic rings. The van der Waals surface area contributed by atoms with Crippen LogP contribution in [0.2, 0.25) is 0 Å². The molecule has 100 valence electrons. The SMILES string of the molecule is CCNCc1nc(C)cc(-c2cc(F)ccc2F)n1. The van der Waals surface area contributed by atoms with E-state index in [1.807, 2.05) is 6.92 Å². The first kappa shape index (κ1) is 13.5. The molecule has 0 aliphatic heterocycles. The van der Waals surface area contributed by atoms with Gasteiger partial charge in [-0.05, 0) is 37.7 Å². The van der Waals surface area contributed by atoms with Gasteiger partial charge in [-0.15, -0.1) is 0 Å². The minimum Gasteiger partial charge on any atom is -0.310 e. The summed E-state index contributed by atoms with van der Waals surface area (Å²) >= 11 is 0. The highest BCUT2D eigenvalue weighted by Gasteiger charge is 2.10. The average Bonchev–Trinajstić information content (AvgIpc) is 2.38. The van der Waals surface area contributed by atoms with Crippen molar-refractivity contribution in [2.24, 2.45) is 0 Å². The van der Waals surface area contributed by atoms with E-state index in [1.165, 1.54) is 0 Å². The summed E-state index contributed by atoms with van der Waals surface area (Å²) in [6.07, 6.45) is 0. The zero-order valence-corrected chi connectivity index (χ0v) is 10.9. The molecule has 0 fully saturated rings. The van der Waals surface area contributed by atoms with E-state index >= 15 is 0 Å². The van der Waals surface area contributed by atoms with Crippen LogP contribution < -0.4 is 5.32 Å². The molecule has 0 unspecified atom stereocenters. The summed E-state index contributed by atoms with van der Waals surface area (Å²) in [7, 11) is 0. The molecular weight excluding hydrogens is 248 g/mol. The number of nitrogens with zero attached hydrogens (tertiary/aromatic N) is 2. The van der Waals surface area contributed by atoms with Gasteiger partial charge in [-0.3, -0.25) is 0 Å². The molecule has 3 nitrogen and oxygen atoms in total. The van der Waals surface area contributed by atoms with Crippen LogP contribution in [0.3, 0.4) is 0 Å². The molecule has 0 saturated carbocycles. The van der Waals surface area contributed by atoms with Crippen LogP contribution in [0, 0.1) is 18.6 Å². The van der Waals surface area contributed by atoms with Crippen molar-refractivity contribution in [2.75, 3.05) is 6.54 Å². The Balaban J connectivity index is 2.43. The van der Waals surface area contributed by atoms with Gasteiger partial charge < -0.3 is 5.32 Å². The smallest absolute Gasteiger partial charge is 0.143 e. The molecule has 0 radical (unpaired) electrons. The number of benzene rings is 1. The predicted molar refractivity (Wildman–Crippen MR) is 69.5 cm³/mol. The predicted octanol–water partition coefficient (Wildman–Crippen LogP) is 2.84. The van der Waals surface area contributed by atoms with Gasteiger partial charge in [0.25, 0.3) is 0 Å². The Kier molecular flexibility index (Phi) is 4.16. The van der Waals surface area contributed by atoms with Gasteiger partial charge in [0.15, 0.2) is 0 Å². The van der Waals surface area contributed by atoms with Gasteiger partial charge in [0.1, 0.15) is 17.5 Å². The summed E-state index contributed by atoms with van der Waals surface area (Å²) in [5, 5.41) is 3.10. The van der Waals surface area contributed by atoms with Crippen molar-refractivity contribution in [1.29, 1.82) is 0 Å². The first-order valence-corrected chi connectivity index (χ1v) is 6.11. The van der Waals surface area contributed by atoms with Crippen LogP contribution in [-0.4, -0.2) is 16.5 Å². The van der Waals surface area contributed by atoms with Crippen LogP contribution in [0.1, 0.15) is 18.4 Å². The summed E-state index contributed by atoms with van der Waals surface area (Å²) in [6.45, 7) is 5.07. The van der Waals surface area contributed by atoms with Gasteiger partial charge in [0, 0.05) is 11.3 Å². The quantitative estimate of drug-likeness (QED) is 0.921. The molecule has 1 N–H and O–H groups in total. The molecule has 1 heterocycles. The summed E-state index contributed by atoms with van der Waals surface area (Å²) in [5.41, 5.74) is 1.28. The second-order valence-electron chi connectivity index (χ2n) is 4.22. The number of hydrogen-bond acceptors (Lipinski definition) is 3. The Bertz CT molecular complexity index is 585. The third kappa shape index (κ3) is 3.32. The minimum absolute atomic E-state index is 0.156. The monoisotopic (exact) mass is 263 g/mol. The third-order valence-electron chi connectivity index (χ3n) is 2.64. The Morgan fingerprint density at radius 3 is 2.68 bits per heavy atom. The van der Waals surface area contributed by atoms with Crippen molar-refractivity contribution in [3.05, 3.63) is 47.4 Å². The van der Waals surface area contributed by atoms with E-state index in [0.29, 0.717) is 18.1 Å². The van der Waals surface area contributed by atoms with E-state index in [9.17, 15) is 8.78 Å². The maximum absolute atomic E-state index is 13.7. The minimum atomic E-state index is -0.492. The lowest BCUT2D eigenvalue weighted by atomic mass is 10.1. The third-order valence-corrected chi connectivity index (χ3v) is 2.64. The molecule has 1 aromatic carbocycles. The Morgan fingerprint density at radius 2 is 1.95 bits per heavy atom. The average molecular weight is 263 g/mol. The van der Waals surface area contributed by atoms with Gasteiger partial charge in [-0.25, -0.2) is 18.7 Å². The standard InChI is InChI=1S/C14H15F2N3/c1-3-17-8-14-18-9(2)6-13(19-14)11-7-10(15)4-5-12(11)16/h4-7,17H,3,8H2,1-2H3. The fourth-order valence-corrected chi connectivity index (χ4v) is 1.78. The second kappa shape index (κ2) is 5.84. The summed E-state index contributed by atoms with van der Waals surface area (Å²) in [5.74, 6) is -0.407. The van der Waals surface area contributed by atoms with E-state index < -0.39 is 11.6 Å². The fourth-order valence-electron chi connectivity index (χ4n) is 1.78. The van der Waals surface area contributed by atoms with Crippen LogP contribution in [0.5, 0.6) is 0 Å². The summed E-state index contributed by atoms with van der Waals surface area (Å²) < 4.78 is 26.9. The Labute approximate surface area is 110 Å². The van der Waals surface area contributed by atoms with E-state index in [1.54, 1.807) is 13.0 Å². The van der Waals surface area contributed by atoms with Crippen LogP contribution in [-0.2, 0) is 6.54 Å². The Hall–Kier alpha value is -1.88. The highest BCUT2D eigenvalue weighted by Crippen LogP contribution is 2.22. The van der Waals surface area contributed by atoms with Crippen LogP contribution in [0.4, 0.5) is 8.78 Å². The molecule has 0 atom stereocenters. The zero-order valence-electron chi connectivity index (χ0n) is 10.9. The van der Waals surface area contributed by atoms with Gasteiger partial charge in [0.2, 0.25) is 0 Å². The lowest BCUT2D eigenvalue weighted by Gasteiger charge is -2.07. The van der Waals surface area contributed by atoms with E-state index in [4.69, 9.17) is 0 Å². The molecule has 2 rings (SSSR count).